The van der Waals surface area contributed by atoms with Crippen molar-refractivity contribution < 1.29 is 24.2 Å². The van der Waals surface area contributed by atoms with Crippen LogP contribution >= 0.6 is 23.2 Å². The summed E-state index contributed by atoms with van der Waals surface area (Å²) in [7, 11) is 0. The van der Waals surface area contributed by atoms with E-state index in [1.54, 1.807) is 23.1 Å². The van der Waals surface area contributed by atoms with Gasteiger partial charge in [0.25, 0.3) is 0 Å². The number of halogens is 2. The zero-order chi connectivity index (χ0) is 33.9. The molecule has 0 bridgehead atoms. The van der Waals surface area contributed by atoms with Gasteiger partial charge >= 0.3 is 0 Å². The minimum atomic E-state index is -0.457. The second kappa shape index (κ2) is 17.7. The Kier molecular flexibility index (Phi) is 13.2. The topological polar surface area (TPSA) is 126 Å². The predicted molar refractivity (Wildman–Crippen MR) is 186 cm³/mol. The van der Waals surface area contributed by atoms with Gasteiger partial charge in [0, 0.05) is 56.3 Å². The second-order valence-corrected chi connectivity index (χ2v) is 13.5. The summed E-state index contributed by atoms with van der Waals surface area (Å²) in [6.07, 6.45) is 10.6. The molecule has 2 aromatic carbocycles. The summed E-state index contributed by atoms with van der Waals surface area (Å²) in [5, 5.41) is 16.2. The van der Waals surface area contributed by atoms with Crippen LogP contribution in [0.5, 0.6) is 5.75 Å². The summed E-state index contributed by atoms with van der Waals surface area (Å²) >= 11 is 12.1. The predicted octanol–water partition coefficient (Wildman–Crippen LogP) is 5.48. The van der Waals surface area contributed by atoms with Gasteiger partial charge in [0.15, 0.2) is 0 Å². The van der Waals surface area contributed by atoms with E-state index < -0.39 is 6.10 Å². The summed E-state index contributed by atoms with van der Waals surface area (Å²) < 4.78 is 8.42. The second-order valence-electron chi connectivity index (χ2n) is 12.6. The van der Waals surface area contributed by atoms with E-state index in [-0.39, 0.29) is 30.7 Å². The third kappa shape index (κ3) is 10.4. The van der Waals surface area contributed by atoms with Crippen molar-refractivity contribution >= 4 is 40.9 Å². The van der Waals surface area contributed by atoms with E-state index in [0.717, 1.165) is 91.9 Å². The van der Waals surface area contributed by atoms with E-state index in [1.807, 2.05) is 12.1 Å². The number of ether oxygens (including phenoxy) is 1. The van der Waals surface area contributed by atoms with Crippen molar-refractivity contribution in [3.05, 3.63) is 69.6 Å². The minimum absolute atomic E-state index is 0.00751. The van der Waals surface area contributed by atoms with E-state index >= 15 is 0 Å². The molecule has 3 heterocycles. The average Bonchev–Trinajstić information content (AvgIpc) is 3.81. The number of aryl methyl sites for hydroxylation is 2. The van der Waals surface area contributed by atoms with Crippen LogP contribution in [-0.4, -0.2) is 69.6 Å². The van der Waals surface area contributed by atoms with E-state index in [1.165, 1.54) is 0 Å². The quantitative estimate of drug-likeness (QED) is 0.161. The number of carbonyl (C=O) groups is 3. The number of aliphatic hydroxyl groups is 1. The maximum Gasteiger partial charge on any atom is 0.242 e. The summed E-state index contributed by atoms with van der Waals surface area (Å²) in [6, 6.07) is 11.2. The lowest BCUT2D eigenvalue weighted by Crippen LogP contribution is -2.39. The number of carbonyl (C=O) groups excluding carboxylic acids is 3. The molecule has 0 spiro atoms. The molecule has 2 aliphatic heterocycles. The fraction of sp³-hybridized carbons (Fsp3) is 0.500. The van der Waals surface area contributed by atoms with Crippen molar-refractivity contribution in [2.75, 3.05) is 26.2 Å². The number of nitrogens with one attached hydrogen (secondary N) is 2. The normalized spacial score (nSPS) is 15.4. The average molecular weight is 699 g/mol. The first-order valence-corrected chi connectivity index (χ1v) is 17.8. The van der Waals surface area contributed by atoms with Gasteiger partial charge in [-0.3, -0.25) is 14.4 Å². The highest BCUT2D eigenvalue weighted by Gasteiger charge is 2.24. The zero-order valence-corrected chi connectivity index (χ0v) is 28.8. The Morgan fingerprint density at radius 3 is 2.52 bits per heavy atom. The molecule has 1 saturated heterocycles. The largest absolute Gasteiger partial charge is 0.493 e. The highest BCUT2D eigenvalue weighted by Crippen LogP contribution is 2.29. The molecule has 258 valence electrons. The number of imidazole rings is 1. The number of likely N-dealkylation sites (tertiary alicyclic amines) is 1. The van der Waals surface area contributed by atoms with Gasteiger partial charge in [0.2, 0.25) is 17.7 Å². The third-order valence-electron chi connectivity index (χ3n) is 8.85. The Bertz CT molecular complexity index is 1560. The number of hydrogen-bond donors (Lipinski definition) is 3. The molecular formula is C36H45Cl2N5O5. The number of aromatic nitrogens is 2. The van der Waals surface area contributed by atoms with Crippen molar-refractivity contribution in [2.24, 2.45) is 0 Å². The number of nitrogens with zero attached hydrogens (tertiary/aromatic N) is 3. The highest BCUT2D eigenvalue weighted by atomic mass is 35.5. The van der Waals surface area contributed by atoms with Crippen LogP contribution in [0.25, 0.3) is 11.3 Å². The molecule has 2 aliphatic rings. The molecule has 1 atom stereocenters. The number of rotatable bonds is 17. The van der Waals surface area contributed by atoms with Gasteiger partial charge in [-0.1, -0.05) is 55.0 Å². The minimum Gasteiger partial charge on any atom is -0.493 e. The molecule has 3 aromatic rings. The maximum absolute atomic E-state index is 12.8. The summed E-state index contributed by atoms with van der Waals surface area (Å²) in [6.45, 7) is 2.76. The molecule has 1 unspecified atom stereocenters. The number of unbranched alkanes of at least 4 members (excludes halogenated alkanes) is 5. The molecule has 3 N–H and O–H groups in total. The van der Waals surface area contributed by atoms with Gasteiger partial charge in [-0.05, 0) is 61.6 Å². The number of fused-ring (bicyclic) bond motifs is 1. The molecular weight excluding hydrogens is 653 g/mol. The smallest absolute Gasteiger partial charge is 0.242 e. The lowest BCUT2D eigenvalue weighted by Gasteiger charge is -2.15. The molecule has 0 radical (unpaired) electrons. The Morgan fingerprint density at radius 2 is 1.75 bits per heavy atom. The summed E-state index contributed by atoms with van der Waals surface area (Å²) in [4.78, 5) is 43.4. The highest BCUT2D eigenvalue weighted by molar-refractivity contribution is 6.42. The van der Waals surface area contributed by atoms with Crippen molar-refractivity contribution in [3.63, 3.8) is 0 Å². The third-order valence-corrected chi connectivity index (χ3v) is 9.59. The van der Waals surface area contributed by atoms with Crippen LogP contribution in [0, 0.1) is 0 Å². The lowest BCUT2D eigenvalue weighted by atomic mass is 10.1. The van der Waals surface area contributed by atoms with E-state index in [9.17, 15) is 19.5 Å². The Morgan fingerprint density at radius 1 is 0.938 bits per heavy atom. The van der Waals surface area contributed by atoms with Crippen molar-refractivity contribution in [1.82, 2.24) is 25.1 Å². The molecule has 10 nitrogen and oxygen atoms in total. The fourth-order valence-electron chi connectivity index (χ4n) is 6.12. The maximum atomic E-state index is 12.8. The number of benzene rings is 2. The van der Waals surface area contributed by atoms with Crippen LogP contribution in [0.1, 0.15) is 74.7 Å². The van der Waals surface area contributed by atoms with Crippen molar-refractivity contribution in [3.8, 4) is 17.0 Å². The van der Waals surface area contributed by atoms with Gasteiger partial charge in [-0.2, -0.15) is 0 Å². The molecule has 3 amide bonds. The van der Waals surface area contributed by atoms with Crippen LogP contribution in [-0.2, 0) is 40.3 Å². The van der Waals surface area contributed by atoms with Crippen LogP contribution in [0.3, 0.4) is 0 Å². The Hall–Kier alpha value is -3.60. The van der Waals surface area contributed by atoms with Crippen molar-refractivity contribution in [1.29, 1.82) is 0 Å². The summed E-state index contributed by atoms with van der Waals surface area (Å²) in [5.74, 6) is 1.47. The first kappa shape index (κ1) is 35.7. The molecule has 48 heavy (non-hydrogen) atoms. The van der Waals surface area contributed by atoms with Crippen LogP contribution in [0.4, 0.5) is 0 Å². The zero-order valence-electron chi connectivity index (χ0n) is 27.3. The van der Waals surface area contributed by atoms with Gasteiger partial charge in [0.05, 0.1) is 41.4 Å². The number of β-amino-alcohol motifs (C(OH)–C–C–N with tert-alkyl or cyclic N) is 1. The fourth-order valence-corrected chi connectivity index (χ4v) is 6.44. The molecule has 0 aliphatic carbocycles. The van der Waals surface area contributed by atoms with Crippen LogP contribution in [0.15, 0.2) is 42.6 Å². The molecule has 0 saturated carbocycles. The standard InChI is InChI=1S/C36H45Cl2N5O5/c37-29-12-10-25(18-30(29)38)19-35(46)39-21-27-20-26(31-24-42-15-7-8-33(42)41-31)11-13-32(27)48-17-6-4-2-1-3-5-9-34(45)40-22-36(47)43-16-14-28(44)23-43/h10-13,18,20,24,28,44H,1-9,14-17,19,21-23H2,(H,39,46)(H,40,45). The van der Waals surface area contributed by atoms with E-state index in [0.29, 0.717) is 49.1 Å². The first-order chi connectivity index (χ1) is 23.2. The van der Waals surface area contributed by atoms with E-state index in [4.69, 9.17) is 32.9 Å². The molecule has 5 rings (SSSR count). The number of aliphatic hydroxyl groups excluding tert-OH is 1. The Balaban J connectivity index is 1.03. The Labute approximate surface area is 292 Å². The lowest BCUT2D eigenvalue weighted by molar-refractivity contribution is -0.132. The van der Waals surface area contributed by atoms with Gasteiger partial charge in [-0.15, -0.1) is 0 Å². The molecule has 1 aromatic heterocycles. The summed E-state index contributed by atoms with van der Waals surface area (Å²) in [5.41, 5.74) is 3.59. The SMILES string of the molecule is O=C(CCCCCCCCOc1ccc(-c2cn3c(n2)CCC3)cc1CNC(=O)Cc1ccc(Cl)c(Cl)c1)NCC(=O)N1CCC(O)C1. The van der Waals surface area contributed by atoms with Gasteiger partial charge < -0.3 is 29.9 Å². The van der Waals surface area contributed by atoms with Crippen molar-refractivity contribution in [2.45, 2.75) is 89.8 Å². The van der Waals surface area contributed by atoms with Gasteiger partial charge in [0.1, 0.15) is 11.6 Å². The molecule has 12 heteroatoms. The number of hydrogen-bond acceptors (Lipinski definition) is 6. The monoisotopic (exact) mass is 697 g/mol. The first-order valence-electron chi connectivity index (χ1n) is 17.0. The van der Waals surface area contributed by atoms with Gasteiger partial charge in [-0.25, -0.2) is 4.98 Å². The van der Waals surface area contributed by atoms with Crippen LogP contribution < -0.4 is 15.4 Å². The van der Waals surface area contributed by atoms with E-state index in [2.05, 4.69) is 27.5 Å². The molecule has 1 fully saturated rings. The van der Waals surface area contributed by atoms with Crippen LogP contribution in [0.2, 0.25) is 10.0 Å². The number of amides is 3.